The Labute approximate surface area is 418 Å². The third-order valence-corrected chi connectivity index (χ3v) is 14.7. The van der Waals surface area contributed by atoms with E-state index in [9.17, 15) is 14.4 Å². The first-order chi connectivity index (χ1) is 32.8. The molecule has 0 aromatic carbocycles. The minimum Gasteiger partial charge on any atom is -0.462 e. The molecule has 0 aliphatic rings. The topological polar surface area (TPSA) is 78.9 Å². The Morgan fingerprint density at radius 3 is 0.776 bits per heavy atom. The molecule has 0 fully saturated rings. The van der Waals surface area contributed by atoms with Gasteiger partial charge in [-0.15, -0.1) is 0 Å². The first-order valence-corrected chi connectivity index (χ1v) is 30.3. The number of unbranched alkanes of at least 4 members (excludes halogenated alkanes) is 38. The van der Waals surface area contributed by atoms with Gasteiger partial charge in [-0.25, -0.2) is 0 Å². The van der Waals surface area contributed by atoms with Crippen molar-refractivity contribution in [2.75, 3.05) is 13.2 Å². The molecule has 0 saturated carbocycles. The lowest BCUT2D eigenvalue weighted by Crippen LogP contribution is -2.30. The average molecular weight is 948 g/mol. The molecule has 0 heterocycles. The predicted molar refractivity (Wildman–Crippen MR) is 289 cm³/mol. The van der Waals surface area contributed by atoms with E-state index in [-0.39, 0.29) is 31.1 Å². The van der Waals surface area contributed by atoms with Crippen LogP contribution in [-0.2, 0) is 28.6 Å². The summed E-state index contributed by atoms with van der Waals surface area (Å²) in [6.45, 7) is 11.5. The minimum absolute atomic E-state index is 0.0627. The summed E-state index contributed by atoms with van der Waals surface area (Å²) >= 11 is 0. The van der Waals surface area contributed by atoms with E-state index in [4.69, 9.17) is 14.2 Å². The fraction of sp³-hybridized carbons (Fsp3) is 0.951. The number of rotatable bonds is 55. The second-order valence-corrected chi connectivity index (χ2v) is 21.5. The van der Waals surface area contributed by atoms with Gasteiger partial charge in [0.05, 0.1) is 0 Å². The summed E-state index contributed by atoms with van der Waals surface area (Å²) in [5.74, 6) is 0.919. The third kappa shape index (κ3) is 52.1. The third-order valence-electron chi connectivity index (χ3n) is 14.7. The van der Waals surface area contributed by atoms with Gasteiger partial charge >= 0.3 is 17.9 Å². The number of carbonyl (C=O) groups is 3. The Kier molecular flexibility index (Phi) is 52.5. The normalized spacial score (nSPS) is 12.9. The lowest BCUT2D eigenvalue weighted by molar-refractivity contribution is -0.167. The summed E-state index contributed by atoms with van der Waals surface area (Å²) in [6.07, 6.45) is 58.0. The molecule has 0 aliphatic heterocycles. The molecular weight excluding hydrogens is 829 g/mol. The smallest absolute Gasteiger partial charge is 0.306 e. The van der Waals surface area contributed by atoms with Gasteiger partial charge in [-0.2, -0.15) is 0 Å². The predicted octanol–water partition coefficient (Wildman–Crippen LogP) is 20.0. The highest BCUT2D eigenvalue weighted by Crippen LogP contribution is 2.19. The Bertz CT molecular complexity index is 1030. The molecule has 67 heavy (non-hydrogen) atoms. The summed E-state index contributed by atoms with van der Waals surface area (Å²) in [5.41, 5.74) is 0. The van der Waals surface area contributed by atoms with Crippen LogP contribution in [0.1, 0.15) is 343 Å². The van der Waals surface area contributed by atoms with Crippen molar-refractivity contribution in [3.63, 3.8) is 0 Å². The number of hydrogen-bond acceptors (Lipinski definition) is 6. The van der Waals surface area contributed by atoms with Crippen molar-refractivity contribution in [1.29, 1.82) is 0 Å². The highest BCUT2D eigenvalue weighted by molar-refractivity contribution is 5.71. The zero-order valence-corrected chi connectivity index (χ0v) is 46.0. The van der Waals surface area contributed by atoms with Crippen molar-refractivity contribution in [2.24, 2.45) is 11.8 Å². The highest BCUT2D eigenvalue weighted by atomic mass is 16.6. The van der Waals surface area contributed by atoms with E-state index in [1.54, 1.807) is 0 Å². The van der Waals surface area contributed by atoms with Crippen molar-refractivity contribution < 1.29 is 28.6 Å². The fourth-order valence-corrected chi connectivity index (χ4v) is 9.34. The van der Waals surface area contributed by atoms with E-state index in [1.165, 1.54) is 231 Å². The molecule has 2 unspecified atom stereocenters. The molecule has 3 atom stereocenters. The molecule has 398 valence electrons. The summed E-state index contributed by atoms with van der Waals surface area (Å²) < 4.78 is 16.9. The van der Waals surface area contributed by atoms with E-state index in [1.807, 2.05) is 0 Å². The van der Waals surface area contributed by atoms with Crippen LogP contribution in [0.3, 0.4) is 0 Å². The first kappa shape index (κ1) is 65.4. The molecule has 0 aromatic rings. The summed E-state index contributed by atoms with van der Waals surface area (Å²) in [4.78, 5) is 38.2. The van der Waals surface area contributed by atoms with E-state index >= 15 is 0 Å². The van der Waals surface area contributed by atoms with Gasteiger partial charge < -0.3 is 14.2 Å². The molecule has 0 saturated heterocycles. The molecule has 6 heteroatoms. The number of hydrogen-bond donors (Lipinski definition) is 0. The van der Waals surface area contributed by atoms with Crippen LogP contribution >= 0.6 is 0 Å². The summed E-state index contributed by atoms with van der Waals surface area (Å²) in [7, 11) is 0. The van der Waals surface area contributed by atoms with Crippen molar-refractivity contribution in [3.8, 4) is 0 Å². The van der Waals surface area contributed by atoms with Crippen LogP contribution in [0.2, 0.25) is 0 Å². The maximum Gasteiger partial charge on any atom is 0.306 e. The molecule has 0 bridgehead atoms. The number of esters is 3. The van der Waals surface area contributed by atoms with Crippen LogP contribution in [-0.4, -0.2) is 37.2 Å². The number of carbonyl (C=O) groups excluding carboxylic acids is 3. The van der Waals surface area contributed by atoms with Gasteiger partial charge in [-0.1, -0.05) is 304 Å². The van der Waals surface area contributed by atoms with Gasteiger partial charge in [-0.05, 0) is 31.1 Å². The van der Waals surface area contributed by atoms with Crippen molar-refractivity contribution in [3.05, 3.63) is 0 Å². The van der Waals surface area contributed by atoms with Gasteiger partial charge in [0.25, 0.3) is 0 Å². The molecule has 0 spiro atoms. The van der Waals surface area contributed by atoms with Gasteiger partial charge in [0.15, 0.2) is 6.10 Å². The zero-order valence-electron chi connectivity index (χ0n) is 46.0. The average Bonchev–Trinajstić information content (AvgIpc) is 3.33. The Morgan fingerprint density at radius 1 is 0.299 bits per heavy atom. The maximum atomic E-state index is 12.9. The van der Waals surface area contributed by atoms with Crippen LogP contribution in [0.4, 0.5) is 0 Å². The molecule has 0 N–H and O–H groups in total. The lowest BCUT2D eigenvalue weighted by Gasteiger charge is -2.18. The van der Waals surface area contributed by atoms with Crippen molar-refractivity contribution >= 4 is 17.9 Å². The molecule has 0 aromatic heterocycles. The van der Waals surface area contributed by atoms with Gasteiger partial charge in [-0.3, -0.25) is 14.4 Å². The van der Waals surface area contributed by atoms with Gasteiger partial charge in [0, 0.05) is 19.3 Å². The van der Waals surface area contributed by atoms with E-state index < -0.39 is 6.10 Å². The summed E-state index contributed by atoms with van der Waals surface area (Å²) in [6, 6.07) is 0. The van der Waals surface area contributed by atoms with E-state index in [0.29, 0.717) is 19.3 Å². The zero-order chi connectivity index (χ0) is 48.9. The summed E-state index contributed by atoms with van der Waals surface area (Å²) in [5, 5.41) is 0. The Balaban J connectivity index is 4.23. The van der Waals surface area contributed by atoms with Crippen molar-refractivity contribution in [1.82, 2.24) is 0 Å². The van der Waals surface area contributed by atoms with Gasteiger partial charge in [0.1, 0.15) is 13.2 Å². The van der Waals surface area contributed by atoms with Crippen LogP contribution in [0.15, 0.2) is 0 Å². The Morgan fingerprint density at radius 2 is 0.522 bits per heavy atom. The van der Waals surface area contributed by atoms with Crippen LogP contribution < -0.4 is 0 Å². The Hall–Kier alpha value is -1.59. The second-order valence-electron chi connectivity index (χ2n) is 21.5. The monoisotopic (exact) mass is 947 g/mol. The minimum atomic E-state index is -0.763. The SMILES string of the molecule is CCCCCCCCCCCCCCCCCC(=O)O[C@H](COC(=O)CCCCCCCCCCCCCCCCCCCCC(C)CC)COC(=O)CCCCCCCCCCC(C)CC. The molecule has 0 rings (SSSR count). The molecular formula is C61H118O6. The highest BCUT2D eigenvalue weighted by Gasteiger charge is 2.19. The lowest BCUT2D eigenvalue weighted by atomic mass is 9.99. The number of ether oxygens (including phenoxy) is 3. The molecule has 0 aliphatic carbocycles. The largest absolute Gasteiger partial charge is 0.462 e. The molecule has 0 radical (unpaired) electrons. The molecule has 6 nitrogen and oxygen atoms in total. The van der Waals surface area contributed by atoms with Crippen LogP contribution in [0, 0.1) is 11.8 Å². The van der Waals surface area contributed by atoms with E-state index in [0.717, 1.165) is 69.6 Å². The second kappa shape index (κ2) is 53.8. The van der Waals surface area contributed by atoms with Crippen LogP contribution in [0.25, 0.3) is 0 Å². The maximum absolute atomic E-state index is 12.9. The quantitative estimate of drug-likeness (QED) is 0.0343. The van der Waals surface area contributed by atoms with Crippen LogP contribution in [0.5, 0.6) is 0 Å². The van der Waals surface area contributed by atoms with E-state index in [2.05, 4.69) is 34.6 Å². The molecule has 0 amide bonds. The van der Waals surface area contributed by atoms with Crippen molar-refractivity contribution in [2.45, 2.75) is 349 Å². The fourth-order valence-electron chi connectivity index (χ4n) is 9.34. The first-order valence-electron chi connectivity index (χ1n) is 30.3. The van der Waals surface area contributed by atoms with Gasteiger partial charge in [0.2, 0.25) is 0 Å². The standard InChI is InChI=1S/C61H118O6/c1-6-9-10-11-12-13-14-15-20-25-28-31-38-43-48-53-61(64)67-58(55-66-60(63)52-47-42-37-33-32-35-40-45-50-57(5)8-3)54-65-59(62)51-46-41-36-30-27-24-22-19-17-16-18-21-23-26-29-34-39-44-49-56(4)7-2/h56-58H,6-55H2,1-5H3/t56?,57?,58-/m1/s1.